The first-order valence-electron chi connectivity index (χ1n) is 6.85. The second-order valence-electron chi connectivity index (χ2n) is 5.32. The summed E-state index contributed by atoms with van der Waals surface area (Å²) < 4.78 is 0. The molecule has 0 aromatic heterocycles. The fraction of sp³-hybridized carbons (Fsp3) is 0.533. The van der Waals surface area contributed by atoms with Gasteiger partial charge in [-0.1, -0.05) is 18.2 Å². The van der Waals surface area contributed by atoms with Crippen LogP contribution in [0.3, 0.4) is 0 Å². The van der Waals surface area contributed by atoms with E-state index in [2.05, 4.69) is 10.6 Å². The standard InChI is InChI=1S/C15H22N2O2/c1-16-15(11-18)9-7-12(8-10-15)14(19)17-13-5-3-2-4-6-13/h2-6,12,16,18H,7-11H2,1H3,(H,17,19). The van der Waals surface area contributed by atoms with E-state index in [1.54, 1.807) is 0 Å². The number of aliphatic hydroxyl groups is 1. The Kier molecular flexibility index (Phi) is 4.56. The molecule has 1 amide bonds. The average molecular weight is 262 g/mol. The van der Waals surface area contributed by atoms with Gasteiger partial charge in [0.05, 0.1) is 6.61 Å². The van der Waals surface area contributed by atoms with E-state index >= 15 is 0 Å². The van der Waals surface area contributed by atoms with Crippen LogP contribution in [-0.4, -0.2) is 30.2 Å². The second-order valence-corrected chi connectivity index (χ2v) is 5.32. The smallest absolute Gasteiger partial charge is 0.227 e. The van der Waals surface area contributed by atoms with E-state index in [1.165, 1.54) is 0 Å². The molecule has 1 aromatic carbocycles. The van der Waals surface area contributed by atoms with Crippen molar-refractivity contribution in [2.75, 3.05) is 19.0 Å². The van der Waals surface area contributed by atoms with Gasteiger partial charge in [-0.25, -0.2) is 0 Å². The van der Waals surface area contributed by atoms with Crippen molar-refractivity contribution in [3.8, 4) is 0 Å². The van der Waals surface area contributed by atoms with Crippen molar-refractivity contribution in [1.29, 1.82) is 0 Å². The molecule has 0 unspecified atom stereocenters. The van der Waals surface area contributed by atoms with Gasteiger partial charge in [-0.15, -0.1) is 0 Å². The van der Waals surface area contributed by atoms with Gasteiger partial charge < -0.3 is 15.7 Å². The number of likely N-dealkylation sites (N-methyl/N-ethyl adjacent to an activating group) is 1. The Bertz CT molecular complexity index is 405. The number of benzene rings is 1. The molecule has 0 radical (unpaired) electrons. The highest BCUT2D eigenvalue weighted by Crippen LogP contribution is 2.32. The van der Waals surface area contributed by atoms with Crippen LogP contribution in [0, 0.1) is 5.92 Å². The highest BCUT2D eigenvalue weighted by Gasteiger charge is 2.35. The topological polar surface area (TPSA) is 61.4 Å². The number of anilines is 1. The van der Waals surface area contributed by atoms with Gasteiger partial charge in [0.2, 0.25) is 5.91 Å². The van der Waals surface area contributed by atoms with E-state index < -0.39 is 0 Å². The minimum Gasteiger partial charge on any atom is -0.394 e. The average Bonchev–Trinajstić information content (AvgIpc) is 2.48. The highest BCUT2D eigenvalue weighted by atomic mass is 16.3. The number of hydrogen-bond donors (Lipinski definition) is 3. The maximum atomic E-state index is 12.2. The normalized spacial score (nSPS) is 26.9. The molecule has 104 valence electrons. The maximum Gasteiger partial charge on any atom is 0.227 e. The Morgan fingerprint density at radius 2 is 1.95 bits per heavy atom. The molecule has 1 aliphatic rings. The number of hydrogen-bond acceptors (Lipinski definition) is 3. The predicted molar refractivity (Wildman–Crippen MR) is 75.9 cm³/mol. The molecule has 3 N–H and O–H groups in total. The Balaban J connectivity index is 1.89. The van der Waals surface area contributed by atoms with Crippen LogP contribution in [0.1, 0.15) is 25.7 Å². The minimum absolute atomic E-state index is 0.0493. The summed E-state index contributed by atoms with van der Waals surface area (Å²) in [4.78, 5) is 12.2. The van der Waals surface area contributed by atoms with Gasteiger partial charge in [0.1, 0.15) is 0 Å². The zero-order valence-electron chi connectivity index (χ0n) is 11.4. The third-order valence-electron chi connectivity index (χ3n) is 4.19. The number of aliphatic hydroxyl groups excluding tert-OH is 1. The molecule has 2 rings (SSSR count). The second kappa shape index (κ2) is 6.17. The van der Waals surface area contributed by atoms with Gasteiger partial charge in [0.25, 0.3) is 0 Å². The Morgan fingerprint density at radius 3 is 2.47 bits per heavy atom. The van der Waals surface area contributed by atoms with E-state index in [0.717, 1.165) is 31.4 Å². The van der Waals surface area contributed by atoms with Crippen molar-refractivity contribution in [2.24, 2.45) is 5.92 Å². The molecular weight excluding hydrogens is 240 g/mol. The van der Waals surface area contributed by atoms with Crippen molar-refractivity contribution in [3.63, 3.8) is 0 Å². The minimum atomic E-state index is -0.191. The first kappa shape index (κ1) is 14.0. The lowest BCUT2D eigenvalue weighted by molar-refractivity contribution is -0.121. The Labute approximate surface area is 114 Å². The summed E-state index contributed by atoms with van der Waals surface area (Å²) in [5.41, 5.74) is 0.656. The van der Waals surface area contributed by atoms with Crippen LogP contribution < -0.4 is 10.6 Å². The van der Waals surface area contributed by atoms with Gasteiger partial charge >= 0.3 is 0 Å². The monoisotopic (exact) mass is 262 g/mol. The molecule has 4 heteroatoms. The van der Waals surface area contributed by atoms with Gasteiger partial charge in [-0.3, -0.25) is 4.79 Å². The Hall–Kier alpha value is -1.39. The van der Waals surface area contributed by atoms with Crippen LogP contribution in [0.4, 0.5) is 5.69 Å². The van der Waals surface area contributed by atoms with Crippen LogP contribution in [-0.2, 0) is 4.79 Å². The molecule has 0 spiro atoms. The summed E-state index contributed by atoms with van der Waals surface area (Å²) in [6.45, 7) is 0.135. The highest BCUT2D eigenvalue weighted by molar-refractivity contribution is 5.92. The van der Waals surface area contributed by atoms with Gasteiger partial charge in [-0.05, 0) is 44.9 Å². The number of amides is 1. The van der Waals surface area contributed by atoms with Gasteiger partial charge in [0.15, 0.2) is 0 Å². The first-order chi connectivity index (χ1) is 9.19. The molecule has 0 atom stereocenters. The molecule has 0 aliphatic heterocycles. The van der Waals surface area contributed by atoms with Gasteiger partial charge in [-0.2, -0.15) is 0 Å². The molecule has 19 heavy (non-hydrogen) atoms. The van der Waals surface area contributed by atoms with Crippen molar-refractivity contribution in [3.05, 3.63) is 30.3 Å². The lowest BCUT2D eigenvalue weighted by atomic mass is 9.76. The third-order valence-corrected chi connectivity index (χ3v) is 4.19. The van der Waals surface area contributed by atoms with Crippen molar-refractivity contribution in [2.45, 2.75) is 31.2 Å². The van der Waals surface area contributed by atoms with Crippen molar-refractivity contribution >= 4 is 11.6 Å². The summed E-state index contributed by atoms with van der Waals surface area (Å²) in [6.07, 6.45) is 3.32. The first-order valence-corrected chi connectivity index (χ1v) is 6.85. The van der Waals surface area contributed by atoms with Gasteiger partial charge in [0, 0.05) is 17.1 Å². The number of nitrogens with one attached hydrogen (secondary N) is 2. The van der Waals surface area contributed by atoms with Crippen LogP contribution >= 0.6 is 0 Å². The summed E-state index contributed by atoms with van der Waals surface area (Å²) in [7, 11) is 1.88. The van der Waals surface area contributed by atoms with E-state index in [9.17, 15) is 9.90 Å². The van der Waals surface area contributed by atoms with Crippen LogP contribution in [0.25, 0.3) is 0 Å². The zero-order valence-corrected chi connectivity index (χ0v) is 11.4. The summed E-state index contributed by atoms with van der Waals surface area (Å²) in [5.74, 6) is 0.141. The third kappa shape index (κ3) is 3.33. The molecule has 0 heterocycles. The number of carbonyl (C=O) groups excluding carboxylic acids is 1. The van der Waals surface area contributed by atoms with Crippen molar-refractivity contribution in [1.82, 2.24) is 5.32 Å². The fourth-order valence-electron chi connectivity index (χ4n) is 2.69. The largest absolute Gasteiger partial charge is 0.394 e. The maximum absolute atomic E-state index is 12.2. The predicted octanol–water partition coefficient (Wildman–Crippen LogP) is 1.77. The summed E-state index contributed by atoms with van der Waals surface area (Å²) in [5, 5.41) is 15.6. The molecule has 1 saturated carbocycles. The number of carbonyl (C=O) groups is 1. The van der Waals surface area contributed by atoms with Crippen molar-refractivity contribution < 1.29 is 9.90 Å². The molecular formula is C15H22N2O2. The fourth-order valence-corrected chi connectivity index (χ4v) is 2.69. The molecule has 1 fully saturated rings. The summed E-state index contributed by atoms with van der Waals surface area (Å²) >= 11 is 0. The van der Waals surface area contributed by atoms with E-state index in [0.29, 0.717) is 0 Å². The number of para-hydroxylation sites is 1. The Morgan fingerprint density at radius 1 is 1.32 bits per heavy atom. The number of rotatable bonds is 4. The lowest BCUT2D eigenvalue weighted by Crippen LogP contribution is -2.50. The SMILES string of the molecule is CNC1(CO)CCC(C(=O)Nc2ccccc2)CC1. The van der Waals surface area contributed by atoms with E-state index in [-0.39, 0.29) is 24.0 Å². The zero-order chi connectivity index (χ0) is 13.7. The molecule has 0 bridgehead atoms. The molecule has 4 nitrogen and oxygen atoms in total. The van der Waals surface area contributed by atoms with Crippen LogP contribution in [0.15, 0.2) is 30.3 Å². The van der Waals surface area contributed by atoms with Crippen LogP contribution in [0.2, 0.25) is 0 Å². The quantitative estimate of drug-likeness (QED) is 0.775. The summed E-state index contributed by atoms with van der Waals surface area (Å²) in [6, 6.07) is 9.54. The van der Waals surface area contributed by atoms with E-state index in [1.807, 2.05) is 37.4 Å². The molecule has 1 aromatic rings. The van der Waals surface area contributed by atoms with Crippen LogP contribution in [0.5, 0.6) is 0 Å². The lowest BCUT2D eigenvalue weighted by Gasteiger charge is -2.38. The molecule has 0 saturated heterocycles. The van der Waals surface area contributed by atoms with E-state index in [4.69, 9.17) is 0 Å². The molecule has 1 aliphatic carbocycles.